The van der Waals surface area contributed by atoms with Crippen LogP contribution in [-0.2, 0) is 12.8 Å². The van der Waals surface area contributed by atoms with Crippen LogP contribution in [0.15, 0.2) is 29.8 Å². The number of aliphatic imine (C=N–C) groups is 1. The molecule has 0 N–H and O–H groups in total. The van der Waals surface area contributed by atoms with Crippen LogP contribution >= 0.6 is 0 Å². The molecule has 0 aliphatic carbocycles. The molecule has 1 rings (SSSR count). The number of hydrogen-bond acceptors (Lipinski definition) is 1. The van der Waals surface area contributed by atoms with Crippen molar-refractivity contribution >= 4 is 11.9 Å². The van der Waals surface area contributed by atoms with Crippen LogP contribution in [0.5, 0.6) is 0 Å². The number of allylic oxidation sites excluding steroid dienone is 1. The second kappa shape index (κ2) is 5.50. The average Bonchev–Trinajstić information content (AvgIpc) is 2.23. The van der Waals surface area contributed by atoms with Gasteiger partial charge in [0.1, 0.15) is 0 Å². The van der Waals surface area contributed by atoms with Crippen LogP contribution in [0.3, 0.4) is 0 Å². The lowest BCUT2D eigenvalue weighted by molar-refractivity contribution is 1.09. The lowest BCUT2D eigenvalue weighted by Crippen LogP contribution is -1.91. The molecule has 1 nitrogen and oxygen atoms in total. The molecule has 0 saturated carbocycles. The standard InChI is InChI=1S/C14H19N/c1-5-8-12-9-13(6-2)11(4)14(10-12)15-7-3/h5,7,9-10H,1,6,8H2,2-4H3/b15-7-. The normalized spacial score (nSPS) is 10.9. The van der Waals surface area contributed by atoms with Crippen molar-refractivity contribution in [1.82, 2.24) is 0 Å². The maximum absolute atomic E-state index is 4.40. The minimum Gasteiger partial charge on any atom is -0.261 e. The third-order valence-electron chi connectivity index (χ3n) is 2.58. The number of aryl methyl sites for hydroxylation is 1. The topological polar surface area (TPSA) is 12.4 Å². The van der Waals surface area contributed by atoms with E-state index in [1.807, 2.05) is 19.2 Å². The molecular formula is C14H19N. The van der Waals surface area contributed by atoms with E-state index in [4.69, 9.17) is 0 Å². The second-order valence-corrected chi connectivity index (χ2v) is 3.63. The maximum Gasteiger partial charge on any atom is 0.0660 e. The zero-order chi connectivity index (χ0) is 11.3. The average molecular weight is 201 g/mol. The molecule has 0 radical (unpaired) electrons. The second-order valence-electron chi connectivity index (χ2n) is 3.63. The molecule has 0 atom stereocenters. The first-order valence-electron chi connectivity index (χ1n) is 5.44. The fraction of sp³-hybridized carbons (Fsp3) is 0.357. The van der Waals surface area contributed by atoms with Gasteiger partial charge < -0.3 is 0 Å². The number of nitrogens with zero attached hydrogens (tertiary/aromatic N) is 1. The first kappa shape index (κ1) is 11.7. The minimum atomic E-state index is 0.916. The summed E-state index contributed by atoms with van der Waals surface area (Å²) < 4.78 is 0. The molecule has 80 valence electrons. The molecule has 0 heterocycles. The molecule has 15 heavy (non-hydrogen) atoms. The summed E-state index contributed by atoms with van der Waals surface area (Å²) in [6, 6.07) is 4.40. The highest BCUT2D eigenvalue weighted by Crippen LogP contribution is 2.25. The highest BCUT2D eigenvalue weighted by molar-refractivity contribution is 5.64. The molecule has 0 aliphatic rings. The fourth-order valence-corrected chi connectivity index (χ4v) is 1.75. The Kier molecular flexibility index (Phi) is 4.29. The van der Waals surface area contributed by atoms with Crippen molar-refractivity contribution in [3.05, 3.63) is 41.5 Å². The Morgan fingerprint density at radius 2 is 2.13 bits per heavy atom. The van der Waals surface area contributed by atoms with Crippen LogP contribution in [0, 0.1) is 6.92 Å². The van der Waals surface area contributed by atoms with Gasteiger partial charge in [-0.25, -0.2) is 0 Å². The summed E-state index contributed by atoms with van der Waals surface area (Å²) in [4.78, 5) is 4.40. The van der Waals surface area contributed by atoms with E-state index in [0.29, 0.717) is 0 Å². The van der Waals surface area contributed by atoms with E-state index in [2.05, 4.69) is 37.6 Å². The fourth-order valence-electron chi connectivity index (χ4n) is 1.75. The summed E-state index contributed by atoms with van der Waals surface area (Å²) in [7, 11) is 0. The largest absolute Gasteiger partial charge is 0.261 e. The SMILES string of the molecule is C=CCc1cc(CC)c(C)c(/N=C\C)c1. The smallest absolute Gasteiger partial charge is 0.0660 e. The lowest BCUT2D eigenvalue weighted by atomic mass is 9.99. The van der Waals surface area contributed by atoms with Crippen LogP contribution < -0.4 is 0 Å². The molecule has 0 unspecified atom stereocenters. The van der Waals surface area contributed by atoms with E-state index in [-0.39, 0.29) is 0 Å². The Balaban J connectivity index is 3.24. The van der Waals surface area contributed by atoms with Crippen molar-refractivity contribution < 1.29 is 0 Å². The summed E-state index contributed by atoms with van der Waals surface area (Å²) in [5.74, 6) is 0. The Hall–Kier alpha value is -1.37. The van der Waals surface area contributed by atoms with Gasteiger partial charge in [-0.05, 0) is 49.4 Å². The van der Waals surface area contributed by atoms with Crippen molar-refractivity contribution in [1.29, 1.82) is 0 Å². The van der Waals surface area contributed by atoms with E-state index in [1.54, 1.807) is 0 Å². The van der Waals surface area contributed by atoms with E-state index < -0.39 is 0 Å². The Labute approximate surface area is 92.6 Å². The van der Waals surface area contributed by atoms with Crippen molar-refractivity contribution in [2.24, 2.45) is 4.99 Å². The van der Waals surface area contributed by atoms with Gasteiger partial charge in [0.15, 0.2) is 0 Å². The molecule has 1 aromatic rings. The Morgan fingerprint density at radius 3 is 2.67 bits per heavy atom. The van der Waals surface area contributed by atoms with Crippen LogP contribution in [0.2, 0.25) is 0 Å². The van der Waals surface area contributed by atoms with Crippen LogP contribution in [0.25, 0.3) is 0 Å². The summed E-state index contributed by atoms with van der Waals surface area (Å²) in [5.41, 5.74) is 5.07. The minimum absolute atomic E-state index is 0.916. The van der Waals surface area contributed by atoms with Crippen molar-refractivity contribution in [2.75, 3.05) is 0 Å². The van der Waals surface area contributed by atoms with Gasteiger partial charge in [0.2, 0.25) is 0 Å². The third-order valence-corrected chi connectivity index (χ3v) is 2.58. The van der Waals surface area contributed by atoms with Gasteiger partial charge >= 0.3 is 0 Å². The van der Waals surface area contributed by atoms with E-state index in [0.717, 1.165) is 18.5 Å². The number of rotatable bonds is 4. The summed E-state index contributed by atoms with van der Waals surface area (Å²) >= 11 is 0. The molecule has 0 amide bonds. The highest BCUT2D eigenvalue weighted by Gasteiger charge is 2.04. The quantitative estimate of drug-likeness (QED) is 0.515. The van der Waals surface area contributed by atoms with Gasteiger partial charge in [-0.2, -0.15) is 0 Å². The van der Waals surface area contributed by atoms with Gasteiger partial charge in [-0.3, -0.25) is 4.99 Å². The van der Waals surface area contributed by atoms with E-state index >= 15 is 0 Å². The molecule has 0 fully saturated rings. The first-order chi connectivity index (χ1) is 7.22. The van der Waals surface area contributed by atoms with Crippen molar-refractivity contribution in [3.63, 3.8) is 0 Å². The zero-order valence-electron chi connectivity index (χ0n) is 9.88. The van der Waals surface area contributed by atoms with Crippen LogP contribution in [0.1, 0.15) is 30.5 Å². The van der Waals surface area contributed by atoms with Crippen molar-refractivity contribution in [3.8, 4) is 0 Å². The molecule has 1 aromatic carbocycles. The predicted octanol–water partition coefficient (Wildman–Crippen LogP) is 4.01. The van der Waals surface area contributed by atoms with Crippen LogP contribution in [0.4, 0.5) is 5.69 Å². The van der Waals surface area contributed by atoms with Gasteiger partial charge in [0, 0.05) is 6.21 Å². The third kappa shape index (κ3) is 2.79. The van der Waals surface area contributed by atoms with E-state index in [1.165, 1.54) is 16.7 Å². The van der Waals surface area contributed by atoms with Crippen LogP contribution in [-0.4, -0.2) is 6.21 Å². The highest BCUT2D eigenvalue weighted by atomic mass is 14.7. The Morgan fingerprint density at radius 1 is 1.40 bits per heavy atom. The summed E-state index contributed by atoms with van der Waals surface area (Å²) in [6.07, 6.45) is 5.76. The molecule has 0 bridgehead atoms. The van der Waals surface area contributed by atoms with Gasteiger partial charge in [0.05, 0.1) is 5.69 Å². The molecule has 0 spiro atoms. The lowest BCUT2D eigenvalue weighted by Gasteiger charge is -2.09. The van der Waals surface area contributed by atoms with E-state index in [9.17, 15) is 0 Å². The van der Waals surface area contributed by atoms with Gasteiger partial charge in [0.25, 0.3) is 0 Å². The number of hydrogen-bond donors (Lipinski definition) is 0. The maximum atomic E-state index is 4.40. The molecular weight excluding hydrogens is 182 g/mol. The molecule has 0 aliphatic heterocycles. The Bertz CT molecular complexity index is 375. The molecule has 1 heteroatoms. The summed E-state index contributed by atoms with van der Waals surface area (Å²) in [5, 5.41) is 0. The molecule has 0 saturated heterocycles. The molecule has 0 aromatic heterocycles. The zero-order valence-corrected chi connectivity index (χ0v) is 9.88. The van der Waals surface area contributed by atoms with Crippen molar-refractivity contribution in [2.45, 2.75) is 33.6 Å². The first-order valence-corrected chi connectivity index (χ1v) is 5.44. The summed E-state index contributed by atoms with van der Waals surface area (Å²) in [6.45, 7) is 10.0. The predicted molar refractivity (Wildman–Crippen MR) is 68.3 cm³/mol. The van der Waals surface area contributed by atoms with Gasteiger partial charge in [-0.15, -0.1) is 6.58 Å². The monoisotopic (exact) mass is 201 g/mol. The number of benzene rings is 1. The van der Waals surface area contributed by atoms with Gasteiger partial charge in [-0.1, -0.05) is 19.1 Å².